The molecule has 2 aromatic rings. The average Bonchev–Trinajstić information content (AvgIpc) is 2.47. The lowest BCUT2D eigenvalue weighted by Crippen LogP contribution is -2.35. The Morgan fingerprint density at radius 1 is 1.19 bits per heavy atom. The molecule has 3 rings (SSSR count). The Labute approximate surface area is 122 Å². The second-order valence-corrected chi connectivity index (χ2v) is 5.29. The number of benzene rings is 1. The van der Waals surface area contributed by atoms with E-state index in [1.54, 1.807) is 18.5 Å². The molecule has 1 heterocycles. The quantitative estimate of drug-likeness (QED) is 0.852. The van der Waals surface area contributed by atoms with Crippen LogP contribution in [0.4, 0.5) is 15.8 Å². The molecule has 4 nitrogen and oxygen atoms in total. The Kier molecular flexibility index (Phi) is 3.56. The van der Waals surface area contributed by atoms with Crippen LogP contribution in [0.5, 0.6) is 0 Å². The number of hydrogen-bond donors (Lipinski definition) is 2. The number of amides is 1. The van der Waals surface area contributed by atoms with E-state index in [9.17, 15) is 9.18 Å². The highest BCUT2D eigenvalue weighted by atomic mass is 19.1. The van der Waals surface area contributed by atoms with Crippen molar-refractivity contribution in [3.8, 4) is 11.1 Å². The molecule has 108 valence electrons. The summed E-state index contributed by atoms with van der Waals surface area (Å²) in [5.41, 5.74) is 8.90. The molecule has 1 fully saturated rings. The van der Waals surface area contributed by atoms with Crippen molar-refractivity contribution in [2.75, 3.05) is 11.1 Å². The maximum absolute atomic E-state index is 12.8. The number of aromatic nitrogens is 1. The largest absolute Gasteiger partial charge is 0.397 e. The van der Waals surface area contributed by atoms with Crippen LogP contribution in [0.25, 0.3) is 11.1 Å². The molecular weight excluding hydrogens is 269 g/mol. The first-order valence-corrected chi connectivity index (χ1v) is 6.88. The van der Waals surface area contributed by atoms with E-state index in [1.807, 2.05) is 24.3 Å². The molecule has 1 amide bonds. The lowest BCUT2D eigenvalue weighted by atomic mass is 9.83. The third-order valence-electron chi connectivity index (χ3n) is 3.78. The number of nitrogens with two attached hydrogens (primary N) is 1. The maximum Gasteiger partial charge on any atom is 0.227 e. The van der Waals surface area contributed by atoms with E-state index in [4.69, 9.17) is 5.73 Å². The van der Waals surface area contributed by atoms with Crippen LogP contribution in [0.2, 0.25) is 0 Å². The molecule has 5 heteroatoms. The molecule has 0 radical (unpaired) electrons. The zero-order chi connectivity index (χ0) is 14.8. The average molecular weight is 285 g/mol. The van der Waals surface area contributed by atoms with Crippen molar-refractivity contribution in [3.63, 3.8) is 0 Å². The zero-order valence-electron chi connectivity index (χ0n) is 11.4. The highest BCUT2D eigenvalue weighted by Crippen LogP contribution is 2.32. The first-order chi connectivity index (χ1) is 10.1. The number of hydrogen-bond acceptors (Lipinski definition) is 3. The van der Waals surface area contributed by atoms with Gasteiger partial charge >= 0.3 is 0 Å². The molecular formula is C16H16FN3O. The number of carbonyl (C=O) groups is 1. The molecule has 1 aromatic heterocycles. The van der Waals surface area contributed by atoms with Crippen molar-refractivity contribution in [1.82, 2.24) is 4.98 Å². The summed E-state index contributed by atoms with van der Waals surface area (Å²) in [5.74, 6) is -0.411. The van der Waals surface area contributed by atoms with Crippen LogP contribution in [0.3, 0.4) is 0 Å². The lowest BCUT2D eigenvalue weighted by molar-refractivity contribution is -0.124. The van der Waals surface area contributed by atoms with Gasteiger partial charge in [-0.2, -0.15) is 0 Å². The molecule has 0 spiro atoms. The summed E-state index contributed by atoms with van der Waals surface area (Å²) in [6, 6.07) is 9.24. The summed E-state index contributed by atoms with van der Waals surface area (Å²) in [7, 11) is 0. The highest BCUT2D eigenvalue weighted by molar-refractivity contribution is 5.96. The Hall–Kier alpha value is -2.43. The predicted molar refractivity (Wildman–Crippen MR) is 80.3 cm³/mol. The number of halogens is 1. The third-order valence-corrected chi connectivity index (χ3v) is 3.78. The number of nitrogen functional groups attached to an aromatic ring is 1. The third kappa shape index (κ3) is 2.86. The van der Waals surface area contributed by atoms with Crippen LogP contribution < -0.4 is 11.1 Å². The molecule has 0 bridgehead atoms. The maximum atomic E-state index is 12.8. The molecule has 0 saturated heterocycles. The van der Waals surface area contributed by atoms with Crippen LogP contribution in [-0.2, 0) is 4.79 Å². The number of nitrogens with one attached hydrogen (secondary N) is 1. The Morgan fingerprint density at radius 2 is 1.90 bits per heavy atom. The summed E-state index contributed by atoms with van der Waals surface area (Å²) in [5, 5.41) is 2.80. The fourth-order valence-corrected chi connectivity index (χ4v) is 2.39. The molecule has 1 aromatic carbocycles. The number of anilines is 2. The summed E-state index contributed by atoms with van der Waals surface area (Å²) >= 11 is 0. The molecule has 0 aliphatic heterocycles. The second kappa shape index (κ2) is 5.52. The summed E-state index contributed by atoms with van der Waals surface area (Å²) < 4.78 is 12.8. The van der Waals surface area contributed by atoms with Crippen molar-refractivity contribution in [2.45, 2.75) is 19.0 Å². The van der Waals surface area contributed by atoms with Crippen LogP contribution in [0.15, 0.2) is 42.7 Å². The summed E-state index contributed by atoms with van der Waals surface area (Å²) in [6.45, 7) is 0. The lowest BCUT2D eigenvalue weighted by Gasteiger charge is -2.28. The number of rotatable bonds is 3. The van der Waals surface area contributed by atoms with E-state index in [-0.39, 0.29) is 11.8 Å². The number of carbonyl (C=O) groups excluding carboxylic acids is 1. The molecule has 1 aliphatic carbocycles. The van der Waals surface area contributed by atoms with Crippen molar-refractivity contribution in [2.24, 2.45) is 5.92 Å². The van der Waals surface area contributed by atoms with Gasteiger partial charge in [-0.1, -0.05) is 6.07 Å². The van der Waals surface area contributed by atoms with Crippen molar-refractivity contribution < 1.29 is 9.18 Å². The topological polar surface area (TPSA) is 68.0 Å². The van der Waals surface area contributed by atoms with Gasteiger partial charge < -0.3 is 11.1 Å². The molecule has 0 unspecified atom stereocenters. The van der Waals surface area contributed by atoms with E-state index in [2.05, 4.69) is 10.3 Å². The van der Waals surface area contributed by atoms with Gasteiger partial charge in [0, 0.05) is 18.3 Å². The smallest absolute Gasteiger partial charge is 0.227 e. The van der Waals surface area contributed by atoms with Gasteiger partial charge in [0.25, 0.3) is 0 Å². The Balaban J connectivity index is 1.80. The summed E-state index contributed by atoms with van der Waals surface area (Å²) in [4.78, 5) is 16.0. The molecule has 1 saturated carbocycles. The van der Waals surface area contributed by atoms with E-state index in [1.165, 1.54) is 0 Å². The van der Waals surface area contributed by atoms with Gasteiger partial charge in [0.15, 0.2) is 0 Å². The minimum atomic E-state index is -0.846. The van der Waals surface area contributed by atoms with Crippen molar-refractivity contribution in [1.29, 1.82) is 0 Å². The van der Waals surface area contributed by atoms with E-state index in [0.29, 0.717) is 24.2 Å². The van der Waals surface area contributed by atoms with Gasteiger partial charge in [-0.15, -0.1) is 0 Å². The van der Waals surface area contributed by atoms with Crippen LogP contribution >= 0.6 is 0 Å². The fourth-order valence-electron chi connectivity index (χ4n) is 2.39. The summed E-state index contributed by atoms with van der Waals surface area (Å²) in [6.07, 6.45) is 3.17. The predicted octanol–water partition coefficient (Wildman–Crippen LogP) is 3.02. The zero-order valence-corrected chi connectivity index (χ0v) is 11.4. The van der Waals surface area contributed by atoms with Gasteiger partial charge in [0.1, 0.15) is 6.17 Å². The van der Waals surface area contributed by atoms with Gasteiger partial charge in [0.05, 0.1) is 11.4 Å². The van der Waals surface area contributed by atoms with Gasteiger partial charge in [-0.3, -0.25) is 9.78 Å². The highest BCUT2D eigenvalue weighted by Gasteiger charge is 2.34. The van der Waals surface area contributed by atoms with Gasteiger partial charge in [0.2, 0.25) is 5.91 Å². The van der Waals surface area contributed by atoms with Crippen LogP contribution in [0.1, 0.15) is 12.8 Å². The molecule has 3 N–H and O–H groups in total. The number of alkyl halides is 1. The number of nitrogens with zero attached hydrogens (tertiary/aromatic N) is 1. The van der Waals surface area contributed by atoms with Crippen LogP contribution in [0, 0.1) is 5.92 Å². The minimum Gasteiger partial charge on any atom is -0.397 e. The Morgan fingerprint density at radius 3 is 2.57 bits per heavy atom. The van der Waals surface area contributed by atoms with Gasteiger partial charge in [-0.05, 0) is 48.2 Å². The normalized spacial score (nSPS) is 20.6. The van der Waals surface area contributed by atoms with Crippen molar-refractivity contribution >= 4 is 17.3 Å². The monoisotopic (exact) mass is 285 g/mol. The van der Waals surface area contributed by atoms with E-state index >= 15 is 0 Å². The molecule has 1 aliphatic rings. The molecule has 21 heavy (non-hydrogen) atoms. The second-order valence-electron chi connectivity index (χ2n) is 5.29. The van der Waals surface area contributed by atoms with E-state index < -0.39 is 6.17 Å². The van der Waals surface area contributed by atoms with E-state index in [0.717, 1.165) is 11.1 Å². The van der Waals surface area contributed by atoms with Crippen LogP contribution in [-0.4, -0.2) is 17.1 Å². The minimum absolute atomic E-state index is 0.164. The standard InChI is InChI=1S/C16H16FN3O/c17-13-7-12(8-13)16(21)20-15-9-11(1-2-14(15)18)10-3-5-19-6-4-10/h1-6,9,12-13H,7-8,18H2,(H,20,21). The first kappa shape index (κ1) is 13.5. The number of pyridine rings is 1. The van der Waals surface area contributed by atoms with Crippen molar-refractivity contribution in [3.05, 3.63) is 42.7 Å². The molecule has 0 atom stereocenters. The fraction of sp³-hybridized carbons (Fsp3) is 0.250. The van der Waals surface area contributed by atoms with Gasteiger partial charge in [-0.25, -0.2) is 4.39 Å². The SMILES string of the molecule is Nc1ccc(-c2ccncc2)cc1NC(=O)C1CC(F)C1. The first-order valence-electron chi connectivity index (χ1n) is 6.88. The Bertz CT molecular complexity index is 654.